The fourth-order valence-electron chi connectivity index (χ4n) is 0. The third-order valence-corrected chi connectivity index (χ3v) is 0. The molecule has 0 spiro atoms. The summed E-state index contributed by atoms with van der Waals surface area (Å²) in [6.07, 6.45) is 1.25. The molecular formula is C23H72Pt. The van der Waals surface area contributed by atoms with Gasteiger partial charge >= 0.3 is 21.1 Å². The Morgan fingerprint density at radius 1 is 0.333 bits per heavy atom. The van der Waals surface area contributed by atoms with Crippen LogP contribution in [-0.4, -0.2) is 0 Å². The Balaban J connectivity index is -0.00000000210. The maximum absolute atomic E-state index is 2.12. The van der Waals surface area contributed by atoms with Gasteiger partial charge in [-0.2, -0.15) is 0 Å². The summed E-state index contributed by atoms with van der Waals surface area (Å²) in [5, 5.41) is 0. The third-order valence-electron chi connectivity index (χ3n) is 0. The van der Waals surface area contributed by atoms with Gasteiger partial charge in [-0.1, -0.05) is 133 Å². The first-order valence-corrected chi connectivity index (χ1v) is 7.41. The van der Waals surface area contributed by atoms with Crippen LogP contribution in [0.25, 0.3) is 0 Å². The van der Waals surface area contributed by atoms with Crippen molar-refractivity contribution in [3.05, 3.63) is 29.7 Å². The van der Waals surface area contributed by atoms with Crippen molar-refractivity contribution >= 4 is 0 Å². The van der Waals surface area contributed by atoms with Crippen molar-refractivity contribution in [1.29, 1.82) is 0 Å². The van der Waals surface area contributed by atoms with Crippen LogP contribution < -0.4 is 0 Å². The SMILES string of the molecule is C.C.C.C.CC.CC.CC.CC.CC.CC.CCC.[CH3-].[CH3-].[CH3-].[CH3-].[Pt+4]. The number of hydrogen-bond donors (Lipinski definition) is 0. The van der Waals surface area contributed by atoms with Gasteiger partial charge in [-0.15, -0.1) is 0 Å². The normalized spacial score (nSPS) is 2.25. The zero-order chi connectivity index (χ0) is 14.7. The predicted octanol–water partition coefficient (Wildman–Crippen LogP) is 11.9. The Morgan fingerprint density at radius 2 is 0.333 bits per heavy atom. The van der Waals surface area contributed by atoms with E-state index in [0.717, 1.165) is 0 Å². The summed E-state index contributed by atoms with van der Waals surface area (Å²) >= 11 is 0. The molecule has 0 aliphatic carbocycles. The Morgan fingerprint density at radius 3 is 0.333 bits per heavy atom. The van der Waals surface area contributed by atoms with Gasteiger partial charge in [0.05, 0.1) is 0 Å². The Hall–Kier alpha value is 0.688. The van der Waals surface area contributed by atoms with Crippen LogP contribution in [0.5, 0.6) is 0 Å². The first kappa shape index (κ1) is 184. The van der Waals surface area contributed by atoms with Crippen LogP contribution in [0.3, 0.4) is 0 Å². The van der Waals surface area contributed by atoms with E-state index in [4.69, 9.17) is 0 Å². The van der Waals surface area contributed by atoms with Crippen molar-refractivity contribution in [3.63, 3.8) is 0 Å². The monoisotopic (exact) mass is 544 g/mol. The summed E-state index contributed by atoms with van der Waals surface area (Å²) < 4.78 is 0. The first-order chi connectivity index (χ1) is 7.41. The maximum atomic E-state index is 2.12. The van der Waals surface area contributed by atoms with Crippen LogP contribution in [0, 0.1) is 29.7 Å². The quantitative estimate of drug-likeness (QED) is 0.266. The van der Waals surface area contributed by atoms with Gasteiger partial charge in [0, 0.05) is 0 Å². The molecule has 0 bridgehead atoms. The summed E-state index contributed by atoms with van der Waals surface area (Å²) in [6.45, 7) is 28.2. The van der Waals surface area contributed by atoms with E-state index in [0.29, 0.717) is 0 Å². The van der Waals surface area contributed by atoms with Crippen molar-refractivity contribution in [1.82, 2.24) is 0 Å². The van der Waals surface area contributed by atoms with Crippen molar-refractivity contribution in [2.75, 3.05) is 0 Å². The smallest absolute Gasteiger partial charge is 0.358 e. The van der Waals surface area contributed by atoms with Gasteiger partial charge in [0.25, 0.3) is 0 Å². The second-order valence-electron chi connectivity index (χ2n) is 0.707. The fraction of sp³-hybridized carbons (Fsp3) is 0.826. The Kier molecular flexibility index (Phi) is 32700. The van der Waals surface area contributed by atoms with E-state index in [1.165, 1.54) is 6.42 Å². The van der Waals surface area contributed by atoms with E-state index in [-0.39, 0.29) is 80.5 Å². The summed E-state index contributed by atoms with van der Waals surface area (Å²) in [5.74, 6) is 0. The van der Waals surface area contributed by atoms with Crippen LogP contribution in [0.2, 0.25) is 0 Å². The van der Waals surface area contributed by atoms with E-state index in [1.54, 1.807) is 0 Å². The first-order valence-electron chi connectivity index (χ1n) is 7.41. The number of hydrogen-bond acceptors (Lipinski definition) is 0. The van der Waals surface area contributed by atoms with Crippen LogP contribution >= 0.6 is 0 Å². The molecule has 0 atom stereocenters. The van der Waals surface area contributed by atoms with Gasteiger partial charge in [-0.3, -0.25) is 0 Å². The predicted molar refractivity (Wildman–Crippen MR) is 137 cm³/mol. The standard InChI is InChI=1S/C3H8.6C2H6.4CH4.4CH3.Pt/c1-3-2;6*1-2;;;;;;;;;/h3H2,1-2H3;6*1-2H3;4*1H4;4*1H3;/q;;;;;;;;;;;4*-1;+4. The minimum Gasteiger partial charge on any atom is -0.358 e. The van der Waals surface area contributed by atoms with Crippen molar-refractivity contribution < 1.29 is 21.1 Å². The largest absolute Gasteiger partial charge is 4.00 e. The van der Waals surface area contributed by atoms with E-state index in [1.807, 2.05) is 83.1 Å². The fourth-order valence-corrected chi connectivity index (χ4v) is 0. The van der Waals surface area contributed by atoms with E-state index >= 15 is 0 Å². The van der Waals surface area contributed by atoms with E-state index in [9.17, 15) is 0 Å². The molecule has 0 nitrogen and oxygen atoms in total. The van der Waals surface area contributed by atoms with Crippen LogP contribution in [0.1, 0.15) is 133 Å². The van der Waals surface area contributed by atoms with Gasteiger partial charge in [-0.25, -0.2) is 0 Å². The minimum atomic E-state index is 0. The second kappa shape index (κ2) is 4280. The summed E-state index contributed by atoms with van der Waals surface area (Å²) in [5.41, 5.74) is 0. The molecule has 0 heterocycles. The Labute approximate surface area is 183 Å². The minimum absolute atomic E-state index is 0. The van der Waals surface area contributed by atoms with Gasteiger partial charge in [0.1, 0.15) is 0 Å². The molecule has 0 aliphatic rings. The van der Waals surface area contributed by atoms with Gasteiger partial charge in [0.15, 0.2) is 0 Å². The molecule has 0 amide bonds. The molecule has 174 valence electrons. The zero-order valence-corrected chi connectivity index (χ0v) is 21.3. The van der Waals surface area contributed by atoms with Gasteiger partial charge < -0.3 is 29.7 Å². The molecule has 0 radical (unpaired) electrons. The topological polar surface area (TPSA) is 0 Å². The number of rotatable bonds is 0. The Bertz CT molecular complexity index is 6.00. The van der Waals surface area contributed by atoms with Crippen molar-refractivity contribution in [2.45, 2.75) is 133 Å². The van der Waals surface area contributed by atoms with Gasteiger partial charge in [0.2, 0.25) is 0 Å². The molecule has 1 heteroatoms. The van der Waals surface area contributed by atoms with Gasteiger partial charge in [-0.05, 0) is 0 Å². The molecule has 0 unspecified atom stereocenters. The summed E-state index contributed by atoms with van der Waals surface area (Å²) in [7, 11) is 0. The summed E-state index contributed by atoms with van der Waals surface area (Å²) in [6, 6.07) is 0. The van der Waals surface area contributed by atoms with Crippen LogP contribution in [0.4, 0.5) is 0 Å². The maximum Gasteiger partial charge on any atom is 4.00 e. The zero-order valence-electron chi connectivity index (χ0n) is 19.0. The second-order valence-corrected chi connectivity index (χ2v) is 0.707. The average molecular weight is 544 g/mol. The van der Waals surface area contributed by atoms with E-state index in [2.05, 4.69) is 13.8 Å². The molecule has 0 aromatic heterocycles. The molecule has 24 heavy (non-hydrogen) atoms. The average Bonchev–Trinajstić information content (AvgIpc) is 2.44. The molecule has 0 aliphatic heterocycles. The molecule has 0 fully saturated rings. The molecule has 0 saturated carbocycles. The van der Waals surface area contributed by atoms with Crippen LogP contribution in [0.15, 0.2) is 0 Å². The molecule has 0 aromatic rings. The van der Waals surface area contributed by atoms with Crippen molar-refractivity contribution in [2.24, 2.45) is 0 Å². The van der Waals surface area contributed by atoms with Crippen molar-refractivity contribution in [3.8, 4) is 0 Å². The molecule has 0 aromatic carbocycles. The molecule has 0 saturated heterocycles. The summed E-state index contributed by atoms with van der Waals surface area (Å²) in [4.78, 5) is 0. The third kappa shape index (κ3) is 22500. The molecule has 0 N–H and O–H groups in total. The molecule has 0 rings (SSSR count). The van der Waals surface area contributed by atoms with Crippen LogP contribution in [-0.2, 0) is 21.1 Å². The molecular weight excluding hydrogens is 471 g/mol. The van der Waals surface area contributed by atoms with E-state index < -0.39 is 0 Å².